The molecule has 34 heavy (non-hydrogen) atoms. The van der Waals surface area contributed by atoms with Crippen molar-refractivity contribution in [1.82, 2.24) is 10.6 Å². The molecule has 2 aromatic carbocycles. The standard InChI is InChI=1S/C25H32N2O6S/c1-18(2)14-22(27-25(30)33-16-20-12-8-5-9-13-20)24(29)26-21(23(28)17-34(3,31)32)15-19-10-6-4-7-11-19/h4-13,18,21-22H,14-17H2,1-3H3,(H,26,29)(H,27,30). The third-order valence-corrected chi connectivity index (χ3v) is 5.73. The van der Waals surface area contributed by atoms with Gasteiger partial charge in [0.25, 0.3) is 0 Å². The molecule has 9 heteroatoms. The summed E-state index contributed by atoms with van der Waals surface area (Å²) in [5.74, 6) is -1.82. The fourth-order valence-electron chi connectivity index (χ4n) is 3.34. The molecule has 0 aliphatic rings. The van der Waals surface area contributed by atoms with E-state index in [0.717, 1.165) is 17.4 Å². The predicted molar refractivity (Wildman–Crippen MR) is 130 cm³/mol. The number of amides is 2. The fourth-order valence-corrected chi connectivity index (χ4v) is 4.05. The van der Waals surface area contributed by atoms with Gasteiger partial charge >= 0.3 is 6.09 Å². The minimum Gasteiger partial charge on any atom is -0.445 e. The van der Waals surface area contributed by atoms with E-state index < -0.39 is 45.5 Å². The van der Waals surface area contributed by atoms with E-state index in [1.165, 1.54) is 0 Å². The van der Waals surface area contributed by atoms with E-state index >= 15 is 0 Å². The van der Waals surface area contributed by atoms with Crippen LogP contribution in [0.1, 0.15) is 31.4 Å². The molecule has 0 spiro atoms. The number of ketones is 1. The van der Waals surface area contributed by atoms with Crippen molar-refractivity contribution in [3.8, 4) is 0 Å². The van der Waals surface area contributed by atoms with Gasteiger partial charge in [-0.15, -0.1) is 0 Å². The van der Waals surface area contributed by atoms with Crippen LogP contribution in [-0.4, -0.2) is 50.3 Å². The Morgan fingerprint density at radius 3 is 1.94 bits per heavy atom. The Morgan fingerprint density at radius 1 is 0.853 bits per heavy atom. The van der Waals surface area contributed by atoms with E-state index in [0.29, 0.717) is 6.42 Å². The highest BCUT2D eigenvalue weighted by atomic mass is 32.2. The molecule has 0 fully saturated rings. The summed E-state index contributed by atoms with van der Waals surface area (Å²) >= 11 is 0. The third kappa shape index (κ3) is 10.2. The Bertz CT molecular complexity index is 1060. The topological polar surface area (TPSA) is 119 Å². The van der Waals surface area contributed by atoms with E-state index in [-0.39, 0.29) is 18.9 Å². The molecule has 0 radical (unpaired) electrons. The van der Waals surface area contributed by atoms with Crippen LogP contribution in [0.5, 0.6) is 0 Å². The predicted octanol–water partition coefficient (Wildman–Crippen LogP) is 2.67. The third-order valence-electron chi connectivity index (χ3n) is 4.92. The van der Waals surface area contributed by atoms with Gasteiger partial charge in [0.05, 0.1) is 6.04 Å². The normalized spacial score (nSPS) is 13.1. The summed E-state index contributed by atoms with van der Waals surface area (Å²) in [5, 5.41) is 5.22. The van der Waals surface area contributed by atoms with Crippen LogP contribution in [0.4, 0.5) is 4.79 Å². The quantitative estimate of drug-likeness (QED) is 0.474. The molecule has 2 N–H and O–H groups in total. The minimum absolute atomic E-state index is 0.0478. The Hall–Kier alpha value is -3.20. The number of benzene rings is 2. The van der Waals surface area contributed by atoms with Gasteiger partial charge in [0.15, 0.2) is 15.6 Å². The Morgan fingerprint density at radius 2 is 1.41 bits per heavy atom. The lowest BCUT2D eigenvalue weighted by atomic mass is 10.00. The number of rotatable bonds is 12. The largest absolute Gasteiger partial charge is 0.445 e. The van der Waals surface area contributed by atoms with Crippen LogP contribution >= 0.6 is 0 Å². The van der Waals surface area contributed by atoms with Crippen molar-refractivity contribution in [3.05, 3.63) is 71.8 Å². The fraction of sp³-hybridized carbons (Fsp3) is 0.400. The SMILES string of the molecule is CC(C)CC(NC(=O)OCc1ccccc1)C(=O)NC(Cc1ccccc1)C(=O)CS(C)(=O)=O. The number of ether oxygens (including phenoxy) is 1. The first kappa shape index (κ1) is 27.0. The molecule has 184 valence electrons. The molecule has 2 aromatic rings. The number of Topliss-reactive ketones (excluding diaryl/α,β-unsaturated/α-hetero) is 1. The van der Waals surface area contributed by atoms with Gasteiger partial charge < -0.3 is 15.4 Å². The monoisotopic (exact) mass is 488 g/mol. The number of sulfone groups is 1. The van der Waals surface area contributed by atoms with Crippen molar-refractivity contribution < 1.29 is 27.5 Å². The molecule has 2 amide bonds. The molecule has 0 saturated carbocycles. The molecule has 0 aliphatic heterocycles. The summed E-state index contributed by atoms with van der Waals surface area (Å²) in [6.45, 7) is 3.84. The average molecular weight is 489 g/mol. The maximum absolute atomic E-state index is 13.1. The van der Waals surface area contributed by atoms with E-state index in [1.54, 1.807) is 24.3 Å². The highest BCUT2D eigenvalue weighted by Gasteiger charge is 2.29. The van der Waals surface area contributed by atoms with Gasteiger partial charge in [-0.1, -0.05) is 74.5 Å². The van der Waals surface area contributed by atoms with Gasteiger partial charge in [-0.2, -0.15) is 0 Å². The highest BCUT2D eigenvalue weighted by Crippen LogP contribution is 2.10. The molecular formula is C25H32N2O6S. The van der Waals surface area contributed by atoms with Crippen LogP contribution in [0, 0.1) is 5.92 Å². The summed E-state index contributed by atoms with van der Waals surface area (Å²) < 4.78 is 28.6. The van der Waals surface area contributed by atoms with Crippen LogP contribution in [0.15, 0.2) is 60.7 Å². The Balaban J connectivity index is 2.11. The van der Waals surface area contributed by atoms with E-state index in [2.05, 4.69) is 10.6 Å². The zero-order chi connectivity index (χ0) is 25.1. The molecule has 2 rings (SSSR count). The maximum atomic E-state index is 13.1. The van der Waals surface area contributed by atoms with Gasteiger partial charge in [-0.3, -0.25) is 9.59 Å². The number of hydrogen-bond acceptors (Lipinski definition) is 6. The first-order valence-corrected chi connectivity index (χ1v) is 13.1. The second-order valence-electron chi connectivity index (χ2n) is 8.68. The smallest absolute Gasteiger partial charge is 0.408 e. The Kier molecular flexibility index (Phi) is 10.2. The zero-order valence-corrected chi connectivity index (χ0v) is 20.5. The molecule has 0 aromatic heterocycles. The number of carbonyl (C=O) groups is 3. The van der Waals surface area contributed by atoms with E-state index in [4.69, 9.17) is 4.74 Å². The van der Waals surface area contributed by atoms with Gasteiger partial charge in [0.1, 0.15) is 18.4 Å². The Labute approximate surface area is 201 Å². The molecule has 2 unspecified atom stereocenters. The van der Waals surface area contributed by atoms with Crippen molar-refractivity contribution in [2.45, 2.75) is 45.4 Å². The summed E-state index contributed by atoms with van der Waals surface area (Å²) in [6.07, 6.45) is 0.656. The highest BCUT2D eigenvalue weighted by molar-refractivity contribution is 7.91. The van der Waals surface area contributed by atoms with Crippen molar-refractivity contribution in [1.29, 1.82) is 0 Å². The van der Waals surface area contributed by atoms with Crippen LogP contribution in [0.3, 0.4) is 0 Å². The van der Waals surface area contributed by atoms with Crippen molar-refractivity contribution >= 4 is 27.6 Å². The lowest BCUT2D eigenvalue weighted by Crippen LogP contribution is -2.53. The number of carbonyl (C=O) groups excluding carboxylic acids is 3. The van der Waals surface area contributed by atoms with Gasteiger partial charge in [-0.25, -0.2) is 13.2 Å². The minimum atomic E-state index is -3.58. The van der Waals surface area contributed by atoms with Crippen LogP contribution in [-0.2, 0) is 37.2 Å². The van der Waals surface area contributed by atoms with Crippen molar-refractivity contribution in [3.63, 3.8) is 0 Å². The molecule has 0 bridgehead atoms. The second kappa shape index (κ2) is 12.9. The summed E-state index contributed by atoms with van der Waals surface area (Å²) in [5.41, 5.74) is 1.57. The van der Waals surface area contributed by atoms with Crippen molar-refractivity contribution in [2.75, 3.05) is 12.0 Å². The van der Waals surface area contributed by atoms with Crippen molar-refractivity contribution in [2.24, 2.45) is 5.92 Å². The number of alkyl carbamates (subject to hydrolysis) is 1. The van der Waals surface area contributed by atoms with Crippen LogP contribution in [0.25, 0.3) is 0 Å². The molecule has 0 aliphatic carbocycles. The zero-order valence-electron chi connectivity index (χ0n) is 19.7. The summed E-state index contributed by atoms with van der Waals surface area (Å²) in [4.78, 5) is 38.1. The summed E-state index contributed by atoms with van der Waals surface area (Å²) in [7, 11) is -3.58. The summed E-state index contributed by atoms with van der Waals surface area (Å²) in [6, 6.07) is 16.1. The molecule has 0 heterocycles. The van der Waals surface area contributed by atoms with Crippen LogP contribution < -0.4 is 10.6 Å². The second-order valence-corrected chi connectivity index (χ2v) is 10.8. The number of hydrogen-bond donors (Lipinski definition) is 2. The molecule has 0 saturated heterocycles. The van der Waals surface area contributed by atoms with E-state index in [1.807, 2.05) is 50.2 Å². The molecule has 2 atom stereocenters. The van der Waals surface area contributed by atoms with Gasteiger partial charge in [0.2, 0.25) is 5.91 Å². The molecule has 8 nitrogen and oxygen atoms in total. The molecular weight excluding hydrogens is 456 g/mol. The lowest BCUT2D eigenvalue weighted by Gasteiger charge is -2.24. The van der Waals surface area contributed by atoms with Crippen LogP contribution in [0.2, 0.25) is 0 Å². The first-order valence-electron chi connectivity index (χ1n) is 11.1. The average Bonchev–Trinajstić information content (AvgIpc) is 2.76. The number of nitrogens with one attached hydrogen (secondary N) is 2. The van der Waals surface area contributed by atoms with Gasteiger partial charge in [-0.05, 0) is 29.9 Å². The maximum Gasteiger partial charge on any atom is 0.408 e. The van der Waals surface area contributed by atoms with E-state index in [9.17, 15) is 22.8 Å². The first-order chi connectivity index (χ1) is 16.0. The van der Waals surface area contributed by atoms with Gasteiger partial charge in [0, 0.05) is 6.26 Å². The lowest BCUT2D eigenvalue weighted by molar-refractivity contribution is -0.128.